The Morgan fingerprint density at radius 3 is 2.20 bits per heavy atom. The Kier molecular flexibility index (Phi) is 24.5. The van der Waals surface area contributed by atoms with Crippen LogP contribution in [0.2, 0.25) is 0 Å². The van der Waals surface area contributed by atoms with Gasteiger partial charge in [0.1, 0.15) is 0 Å². The topological polar surface area (TPSA) is 49.4 Å². The second-order valence-corrected chi connectivity index (χ2v) is 22.8. The Bertz CT molecular complexity index is 1340. The Balaban J connectivity index is 0.934. The van der Waals surface area contributed by atoms with Crippen LogP contribution in [0.5, 0.6) is 0 Å². The van der Waals surface area contributed by atoms with Crippen LogP contribution >= 0.6 is 0 Å². The van der Waals surface area contributed by atoms with E-state index in [4.69, 9.17) is 23.7 Å². The van der Waals surface area contributed by atoms with Gasteiger partial charge in [-0.15, -0.1) is 0 Å². The second-order valence-electron chi connectivity index (χ2n) is 22.8. The van der Waals surface area contributed by atoms with Crippen LogP contribution in [0.15, 0.2) is 36.0 Å². The van der Waals surface area contributed by atoms with E-state index in [1.165, 1.54) is 128 Å². The van der Waals surface area contributed by atoms with Crippen LogP contribution in [0.4, 0.5) is 0 Å². The molecule has 6 heteroatoms. The molecule has 0 N–H and O–H groups in total. The van der Waals surface area contributed by atoms with Crippen molar-refractivity contribution < 1.29 is 23.7 Å². The largest absolute Gasteiger partial charge is 0.379 e. The molecule has 0 bridgehead atoms. The lowest BCUT2D eigenvalue weighted by atomic mass is 9.47. The summed E-state index contributed by atoms with van der Waals surface area (Å²) in [5.41, 5.74) is 2.66. The zero-order chi connectivity index (χ0) is 45.6. The van der Waals surface area contributed by atoms with Crippen molar-refractivity contribution in [2.45, 2.75) is 227 Å². The summed E-state index contributed by atoms with van der Waals surface area (Å²) in [7, 11) is 0. The minimum absolute atomic E-state index is 0.0398. The molecule has 6 nitrogen and oxygen atoms in total. The van der Waals surface area contributed by atoms with E-state index in [1.807, 2.05) is 0 Å². The van der Waals surface area contributed by atoms with Crippen LogP contribution in [0.3, 0.4) is 0 Å². The van der Waals surface area contributed by atoms with E-state index in [1.54, 1.807) is 5.57 Å². The van der Waals surface area contributed by atoms with E-state index in [9.17, 15) is 0 Å². The van der Waals surface area contributed by atoms with Crippen molar-refractivity contribution in [2.24, 2.45) is 46.3 Å². The third-order valence-corrected chi connectivity index (χ3v) is 17.2. The molecule has 0 amide bonds. The fourth-order valence-electron chi connectivity index (χ4n) is 13.7. The molecule has 5 rings (SSSR count). The summed E-state index contributed by atoms with van der Waals surface area (Å²) in [5.74, 6) is 5.33. The van der Waals surface area contributed by atoms with Gasteiger partial charge in [0.2, 0.25) is 0 Å². The van der Waals surface area contributed by atoms with E-state index in [-0.39, 0.29) is 18.3 Å². The molecule has 3 saturated carbocycles. The SMILES string of the molecule is CCCCC/C=C\C/C=C\CCCCCCCCOCC(CN1C[C@@H](C)O[C@@H](C)C1)OCCOCCO[C@H]1CCC2(C)C(=CCC3[C@H]2CC[C@]2(C)[C@@H]([C@H](C)CCCC(C)C)CC[C@@H]32)C1. The predicted octanol–water partition coefficient (Wildman–Crippen LogP) is 14.8. The molecule has 4 aliphatic carbocycles. The lowest BCUT2D eigenvalue weighted by Gasteiger charge is -2.58. The summed E-state index contributed by atoms with van der Waals surface area (Å²) in [6, 6.07) is 0. The Hall–Kier alpha value is -1.02. The lowest BCUT2D eigenvalue weighted by Crippen LogP contribution is -2.51. The summed E-state index contributed by atoms with van der Waals surface area (Å²) < 4.78 is 31.3. The molecule has 0 radical (unpaired) electrons. The molecule has 1 saturated heterocycles. The predicted molar refractivity (Wildman–Crippen MR) is 270 cm³/mol. The van der Waals surface area contributed by atoms with Gasteiger partial charge in [0, 0.05) is 26.2 Å². The highest BCUT2D eigenvalue weighted by Crippen LogP contribution is 2.67. The van der Waals surface area contributed by atoms with Gasteiger partial charge in [-0.1, -0.05) is 135 Å². The first kappa shape index (κ1) is 53.9. The Morgan fingerprint density at radius 2 is 1.45 bits per heavy atom. The smallest absolute Gasteiger partial charge is 0.0936 e. The van der Waals surface area contributed by atoms with E-state index in [0.29, 0.717) is 50.0 Å². The lowest BCUT2D eigenvalue weighted by molar-refractivity contribution is -0.0981. The minimum Gasteiger partial charge on any atom is -0.379 e. The Labute approximate surface area is 396 Å². The van der Waals surface area contributed by atoms with Crippen LogP contribution in [-0.2, 0) is 23.7 Å². The van der Waals surface area contributed by atoms with Gasteiger partial charge in [0.15, 0.2) is 0 Å². The van der Waals surface area contributed by atoms with Gasteiger partial charge in [0.25, 0.3) is 0 Å². The zero-order valence-electron chi connectivity index (χ0n) is 43.3. The average molecular weight is 894 g/mol. The molecule has 0 aromatic heterocycles. The van der Waals surface area contributed by atoms with E-state index in [2.05, 4.69) is 90.7 Å². The summed E-state index contributed by atoms with van der Waals surface area (Å²) in [4.78, 5) is 2.49. The summed E-state index contributed by atoms with van der Waals surface area (Å²) in [6.45, 7) is 26.1. The standard InChI is InChI=1S/C58H103NO5/c1-9-10-11-12-13-14-15-16-17-18-19-20-21-22-23-24-36-61-45-52(44-59-42-48(5)64-49(6)43-59)63-40-38-60-37-39-62-51-32-34-57(7)50(41-51)28-29-53-55-31-30-54(47(4)27-25-26-46(2)3)58(55,8)35-33-56(53)57/h13-14,16-17,28,46-49,51-56H,9-12,15,18-27,29-45H2,1-8H3/b14-13-,17-16-/t47-,48-,49+,51+,52?,53?,54-,55+,56-,57?,58-/m1/s1. The van der Waals surface area contributed by atoms with E-state index >= 15 is 0 Å². The van der Waals surface area contributed by atoms with Crippen LogP contribution in [0.25, 0.3) is 0 Å². The molecule has 3 unspecified atom stereocenters. The maximum Gasteiger partial charge on any atom is 0.0936 e. The summed E-state index contributed by atoms with van der Waals surface area (Å²) in [5, 5.41) is 0. The van der Waals surface area contributed by atoms with Crippen LogP contribution < -0.4 is 0 Å². The van der Waals surface area contributed by atoms with Crippen LogP contribution in [-0.4, -0.2) is 88.6 Å². The minimum atomic E-state index is 0.0398. The number of morpholine rings is 1. The maximum atomic E-state index is 6.53. The molecule has 370 valence electrons. The highest BCUT2D eigenvalue weighted by Gasteiger charge is 2.59. The van der Waals surface area contributed by atoms with Crippen molar-refractivity contribution >= 4 is 0 Å². The molecule has 11 atom stereocenters. The van der Waals surface area contributed by atoms with Gasteiger partial charge in [-0.25, -0.2) is 0 Å². The number of unbranched alkanes of at least 4 members (excludes halogenated alkanes) is 9. The molecule has 1 aliphatic heterocycles. The number of nitrogens with zero attached hydrogens (tertiary/aromatic N) is 1. The average Bonchev–Trinajstić information content (AvgIpc) is 3.62. The molecule has 4 fully saturated rings. The number of hydrogen-bond acceptors (Lipinski definition) is 6. The van der Waals surface area contributed by atoms with Crippen molar-refractivity contribution in [1.29, 1.82) is 0 Å². The quantitative estimate of drug-likeness (QED) is 0.0495. The summed E-state index contributed by atoms with van der Waals surface area (Å²) >= 11 is 0. The second kappa shape index (κ2) is 29.1. The van der Waals surface area contributed by atoms with Crippen molar-refractivity contribution in [3.05, 3.63) is 36.0 Å². The third kappa shape index (κ3) is 17.2. The number of fused-ring (bicyclic) bond motifs is 5. The highest BCUT2D eigenvalue weighted by atomic mass is 16.6. The van der Waals surface area contributed by atoms with Gasteiger partial charge in [0.05, 0.1) is 57.5 Å². The van der Waals surface area contributed by atoms with Gasteiger partial charge in [-0.2, -0.15) is 0 Å². The fourth-order valence-corrected chi connectivity index (χ4v) is 13.7. The number of ether oxygens (including phenoxy) is 5. The van der Waals surface area contributed by atoms with Crippen molar-refractivity contribution in [3.8, 4) is 0 Å². The molecule has 64 heavy (non-hydrogen) atoms. The van der Waals surface area contributed by atoms with Gasteiger partial charge < -0.3 is 23.7 Å². The monoisotopic (exact) mass is 894 g/mol. The summed E-state index contributed by atoms with van der Waals surface area (Å²) in [6.07, 6.45) is 43.1. The van der Waals surface area contributed by atoms with Crippen molar-refractivity contribution in [2.75, 3.05) is 59.3 Å². The number of hydrogen-bond donors (Lipinski definition) is 0. The Morgan fingerprint density at radius 1 is 0.734 bits per heavy atom. The van der Waals surface area contributed by atoms with Gasteiger partial charge in [-0.3, -0.25) is 4.90 Å². The molecule has 0 spiro atoms. The first-order valence-electron chi connectivity index (χ1n) is 27.8. The first-order chi connectivity index (χ1) is 31.0. The van der Waals surface area contributed by atoms with Gasteiger partial charge >= 0.3 is 0 Å². The molecular weight excluding hydrogens is 791 g/mol. The number of rotatable bonds is 32. The normalized spacial score (nSPS) is 32.0. The molecular formula is C58H103NO5. The molecule has 0 aromatic carbocycles. The van der Waals surface area contributed by atoms with Gasteiger partial charge in [-0.05, 0) is 150 Å². The fraction of sp³-hybridized carbons (Fsp3) is 0.897. The molecule has 1 heterocycles. The highest BCUT2D eigenvalue weighted by molar-refractivity contribution is 5.25. The number of allylic oxidation sites excluding steroid dienone is 5. The van der Waals surface area contributed by atoms with Crippen molar-refractivity contribution in [1.82, 2.24) is 4.90 Å². The van der Waals surface area contributed by atoms with Crippen LogP contribution in [0, 0.1) is 46.3 Å². The third-order valence-electron chi connectivity index (χ3n) is 17.2. The zero-order valence-corrected chi connectivity index (χ0v) is 43.3. The molecule has 5 aliphatic rings. The molecule has 0 aromatic rings. The van der Waals surface area contributed by atoms with Crippen molar-refractivity contribution in [3.63, 3.8) is 0 Å². The van der Waals surface area contributed by atoms with E-state index < -0.39 is 0 Å². The van der Waals surface area contributed by atoms with Crippen LogP contribution in [0.1, 0.15) is 203 Å². The first-order valence-corrected chi connectivity index (χ1v) is 27.8. The van der Waals surface area contributed by atoms with E-state index in [0.717, 1.165) is 81.0 Å². The maximum absolute atomic E-state index is 6.53.